The van der Waals surface area contributed by atoms with Gasteiger partial charge in [-0.3, -0.25) is 0 Å². The van der Waals surface area contributed by atoms with E-state index in [2.05, 4.69) is 32.0 Å². The lowest BCUT2D eigenvalue weighted by molar-refractivity contribution is -0.0247. The second-order valence-electron chi connectivity index (χ2n) is 11.2. The summed E-state index contributed by atoms with van der Waals surface area (Å²) in [5, 5.41) is 0. The van der Waals surface area contributed by atoms with Gasteiger partial charge in [0, 0.05) is 6.61 Å². The molecule has 0 amide bonds. The molecule has 0 aliphatic heterocycles. The monoisotopic (exact) mass is 424 g/mol. The number of rotatable bonds is 10. The topological polar surface area (TPSA) is 9.23 Å². The van der Waals surface area contributed by atoms with Crippen molar-refractivity contribution < 1.29 is 4.74 Å². The summed E-state index contributed by atoms with van der Waals surface area (Å²) in [6, 6.07) is 7.51. The van der Waals surface area contributed by atoms with E-state index in [1.165, 1.54) is 103 Å². The van der Waals surface area contributed by atoms with Gasteiger partial charge in [-0.2, -0.15) is 0 Å². The molecule has 5 atom stereocenters. The highest BCUT2D eigenvalue weighted by Crippen LogP contribution is 2.47. The zero-order valence-electron chi connectivity index (χ0n) is 20.5. The molecule has 2 fully saturated rings. The lowest BCUT2D eigenvalue weighted by Gasteiger charge is -2.45. The number of ether oxygens (including phenoxy) is 1. The molecule has 0 saturated heterocycles. The summed E-state index contributed by atoms with van der Waals surface area (Å²) in [7, 11) is 0. The average Bonchev–Trinajstić information content (AvgIpc) is 2.81. The minimum Gasteiger partial charge on any atom is -0.378 e. The van der Waals surface area contributed by atoms with Crippen LogP contribution in [0.4, 0.5) is 0 Å². The first-order chi connectivity index (χ1) is 15.3. The second-order valence-corrected chi connectivity index (χ2v) is 11.2. The Morgan fingerprint density at radius 2 is 1.52 bits per heavy atom. The van der Waals surface area contributed by atoms with Gasteiger partial charge in [0.15, 0.2) is 0 Å². The van der Waals surface area contributed by atoms with Crippen LogP contribution in [-0.4, -0.2) is 12.7 Å². The molecular weight excluding hydrogens is 376 g/mol. The van der Waals surface area contributed by atoms with Crippen LogP contribution in [0, 0.1) is 23.7 Å². The van der Waals surface area contributed by atoms with E-state index in [9.17, 15) is 0 Å². The smallest absolute Gasteiger partial charge is 0.0578 e. The zero-order valence-corrected chi connectivity index (χ0v) is 20.5. The van der Waals surface area contributed by atoms with E-state index in [1.807, 2.05) is 0 Å². The molecule has 1 heteroatoms. The third kappa shape index (κ3) is 6.37. The standard InChI is InChI=1S/C30H48O/c1-3-5-7-8-9-23-10-11-25-20-26(13-12-24(25)19-23)27-14-15-29-22-30(31-18-6-4-2)17-16-28(29)21-27/h10-11,19,26-30H,3-9,12-18,20-22H2,1-2H3/t26?,27?,28-,29?,30-/m1/s1. The largest absolute Gasteiger partial charge is 0.378 e. The Morgan fingerprint density at radius 3 is 2.35 bits per heavy atom. The fraction of sp³-hybridized carbons (Fsp3) is 0.800. The molecule has 31 heavy (non-hydrogen) atoms. The van der Waals surface area contributed by atoms with Gasteiger partial charge in [-0.1, -0.05) is 57.7 Å². The molecule has 0 radical (unpaired) electrons. The Hall–Kier alpha value is -0.820. The first kappa shape index (κ1) is 23.3. The predicted octanol–water partition coefficient (Wildman–Crippen LogP) is 8.32. The van der Waals surface area contributed by atoms with Crippen LogP contribution in [0.3, 0.4) is 0 Å². The van der Waals surface area contributed by atoms with E-state index in [0.717, 1.165) is 30.3 Å². The maximum Gasteiger partial charge on any atom is 0.0578 e. The zero-order chi connectivity index (χ0) is 21.5. The summed E-state index contributed by atoms with van der Waals surface area (Å²) in [5.41, 5.74) is 4.96. The summed E-state index contributed by atoms with van der Waals surface area (Å²) in [6.45, 7) is 5.55. The Morgan fingerprint density at radius 1 is 0.742 bits per heavy atom. The van der Waals surface area contributed by atoms with Gasteiger partial charge >= 0.3 is 0 Å². The third-order valence-electron chi connectivity index (χ3n) is 8.98. The third-order valence-corrected chi connectivity index (χ3v) is 8.98. The Bertz CT molecular complexity index is 664. The Kier molecular flexibility index (Phi) is 8.94. The molecule has 3 aliphatic rings. The maximum absolute atomic E-state index is 6.20. The lowest BCUT2D eigenvalue weighted by Crippen LogP contribution is -2.37. The summed E-state index contributed by atoms with van der Waals surface area (Å²) in [6.07, 6.45) is 22.6. The molecule has 4 rings (SSSR count). The van der Waals surface area contributed by atoms with E-state index in [0.29, 0.717) is 6.10 Å². The lowest BCUT2D eigenvalue weighted by atomic mass is 9.62. The van der Waals surface area contributed by atoms with Gasteiger partial charge in [0.1, 0.15) is 0 Å². The van der Waals surface area contributed by atoms with E-state index in [1.54, 1.807) is 16.7 Å². The second kappa shape index (κ2) is 11.9. The first-order valence-electron chi connectivity index (χ1n) is 14.0. The van der Waals surface area contributed by atoms with Crippen LogP contribution >= 0.6 is 0 Å². The fourth-order valence-electron chi connectivity index (χ4n) is 7.01. The summed E-state index contributed by atoms with van der Waals surface area (Å²) >= 11 is 0. The molecule has 0 spiro atoms. The number of benzene rings is 1. The molecule has 174 valence electrons. The van der Waals surface area contributed by atoms with Crippen LogP contribution in [0.2, 0.25) is 0 Å². The molecule has 3 aliphatic carbocycles. The van der Waals surface area contributed by atoms with Crippen molar-refractivity contribution in [3.8, 4) is 0 Å². The van der Waals surface area contributed by atoms with E-state index < -0.39 is 0 Å². The van der Waals surface area contributed by atoms with Crippen molar-refractivity contribution in [2.24, 2.45) is 23.7 Å². The van der Waals surface area contributed by atoms with Crippen LogP contribution in [0.25, 0.3) is 0 Å². The molecule has 0 bridgehead atoms. The van der Waals surface area contributed by atoms with Crippen molar-refractivity contribution in [3.05, 3.63) is 34.9 Å². The van der Waals surface area contributed by atoms with Crippen molar-refractivity contribution in [2.75, 3.05) is 6.61 Å². The Balaban J connectivity index is 1.25. The highest BCUT2D eigenvalue weighted by atomic mass is 16.5. The van der Waals surface area contributed by atoms with Crippen LogP contribution in [-0.2, 0) is 24.0 Å². The molecule has 2 saturated carbocycles. The quantitative estimate of drug-likeness (QED) is 0.343. The van der Waals surface area contributed by atoms with E-state index in [-0.39, 0.29) is 0 Å². The number of hydrogen-bond acceptors (Lipinski definition) is 1. The summed E-state index contributed by atoms with van der Waals surface area (Å²) in [5.74, 6) is 3.89. The highest BCUT2D eigenvalue weighted by molar-refractivity contribution is 5.34. The van der Waals surface area contributed by atoms with Crippen molar-refractivity contribution in [3.63, 3.8) is 0 Å². The minimum atomic E-state index is 0.571. The minimum absolute atomic E-state index is 0.571. The molecule has 0 N–H and O–H groups in total. The fourth-order valence-corrected chi connectivity index (χ4v) is 7.01. The normalized spacial score (nSPS) is 30.6. The van der Waals surface area contributed by atoms with Crippen LogP contribution < -0.4 is 0 Å². The average molecular weight is 425 g/mol. The number of aryl methyl sites for hydroxylation is 2. The van der Waals surface area contributed by atoms with Crippen LogP contribution in [0.1, 0.15) is 114 Å². The van der Waals surface area contributed by atoms with Gasteiger partial charge in [0.25, 0.3) is 0 Å². The first-order valence-corrected chi connectivity index (χ1v) is 14.0. The van der Waals surface area contributed by atoms with Crippen LogP contribution in [0.15, 0.2) is 18.2 Å². The summed E-state index contributed by atoms with van der Waals surface area (Å²) < 4.78 is 6.20. The molecule has 0 aromatic heterocycles. The highest BCUT2D eigenvalue weighted by Gasteiger charge is 2.38. The SMILES string of the molecule is CCCCCCc1ccc2c(c1)CCC(C1CCC3C[C@H](OCCCC)CC[C@@H]3C1)C2. The molecule has 1 nitrogen and oxygen atoms in total. The van der Waals surface area contributed by atoms with Gasteiger partial charge in [0.05, 0.1) is 6.10 Å². The van der Waals surface area contributed by atoms with Gasteiger partial charge in [-0.25, -0.2) is 0 Å². The molecular formula is C30H48O. The van der Waals surface area contributed by atoms with Crippen LogP contribution in [0.5, 0.6) is 0 Å². The molecule has 3 unspecified atom stereocenters. The van der Waals surface area contributed by atoms with Gasteiger partial charge in [0.2, 0.25) is 0 Å². The van der Waals surface area contributed by atoms with E-state index >= 15 is 0 Å². The molecule has 1 aromatic carbocycles. The number of fused-ring (bicyclic) bond motifs is 2. The number of unbranched alkanes of at least 4 members (excludes halogenated alkanes) is 4. The van der Waals surface area contributed by atoms with Gasteiger partial charge in [-0.15, -0.1) is 0 Å². The Labute approximate surface area is 192 Å². The molecule has 0 heterocycles. The maximum atomic E-state index is 6.20. The van der Waals surface area contributed by atoms with Gasteiger partial charge < -0.3 is 4.74 Å². The van der Waals surface area contributed by atoms with Gasteiger partial charge in [-0.05, 0) is 117 Å². The predicted molar refractivity (Wildman–Crippen MR) is 133 cm³/mol. The van der Waals surface area contributed by atoms with Crippen molar-refractivity contribution in [1.82, 2.24) is 0 Å². The van der Waals surface area contributed by atoms with Crippen molar-refractivity contribution in [1.29, 1.82) is 0 Å². The van der Waals surface area contributed by atoms with Crippen molar-refractivity contribution in [2.45, 2.75) is 123 Å². The van der Waals surface area contributed by atoms with Crippen molar-refractivity contribution >= 4 is 0 Å². The number of hydrogen-bond donors (Lipinski definition) is 0. The van der Waals surface area contributed by atoms with E-state index in [4.69, 9.17) is 4.74 Å². The molecule has 1 aromatic rings. The summed E-state index contributed by atoms with van der Waals surface area (Å²) in [4.78, 5) is 0.